The summed E-state index contributed by atoms with van der Waals surface area (Å²) in [5, 5.41) is 3.87. The van der Waals surface area contributed by atoms with Gasteiger partial charge in [0.1, 0.15) is 11.5 Å². The molecule has 2 rings (SSSR count). The molecule has 1 saturated heterocycles. The second kappa shape index (κ2) is 5.07. The molecule has 1 aliphatic heterocycles. The molecular weight excluding hydrogens is 234 g/mol. The van der Waals surface area contributed by atoms with E-state index in [2.05, 4.69) is 5.16 Å². The van der Waals surface area contributed by atoms with Crippen LogP contribution in [0.1, 0.15) is 24.3 Å². The summed E-state index contributed by atoms with van der Waals surface area (Å²) >= 11 is 0. The molecule has 0 bridgehead atoms. The molecule has 6 heteroatoms. The normalized spacial score (nSPS) is 18.6. The van der Waals surface area contributed by atoms with Crippen LogP contribution < -0.4 is 5.73 Å². The van der Waals surface area contributed by atoms with Gasteiger partial charge in [0.25, 0.3) is 0 Å². The lowest BCUT2D eigenvalue weighted by Gasteiger charge is -2.35. The van der Waals surface area contributed by atoms with Crippen molar-refractivity contribution in [3.63, 3.8) is 0 Å². The van der Waals surface area contributed by atoms with Crippen molar-refractivity contribution in [2.75, 3.05) is 20.3 Å². The Hall–Kier alpha value is -1.40. The lowest BCUT2D eigenvalue weighted by atomic mass is 9.90. The number of nitrogens with two attached hydrogens (primary N) is 1. The highest BCUT2D eigenvalue weighted by atomic mass is 16.5. The largest absolute Gasteiger partial charge is 0.381 e. The molecule has 0 unspecified atom stereocenters. The van der Waals surface area contributed by atoms with Gasteiger partial charge in [-0.1, -0.05) is 5.16 Å². The van der Waals surface area contributed by atoms with Crippen LogP contribution in [0, 0.1) is 6.92 Å². The van der Waals surface area contributed by atoms with Crippen molar-refractivity contribution in [2.45, 2.75) is 31.8 Å². The quantitative estimate of drug-likeness (QED) is 0.845. The molecule has 0 spiro atoms. The fraction of sp³-hybridized carbons (Fsp3) is 0.667. The smallest absolute Gasteiger partial charge is 0.242 e. The zero-order valence-electron chi connectivity index (χ0n) is 10.8. The van der Waals surface area contributed by atoms with Crippen LogP contribution in [-0.2, 0) is 16.1 Å². The fourth-order valence-corrected chi connectivity index (χ4v) is 2.14. The number of nitrogens with zero attached hydrogens (tertiary/aromatic N) is 2. The molecule has 0 saturated carbocycles. The van der Waals surface area contributed by atoms with E-state index in [9.17, 15) is 4.79 Å². The number of likely N-dealkylation sites (N-methyl/N-ethyl adjacent to an activating group) is 1. The highest BCUT2D eigenvalue weighted by molar-refractivity contribution is 5.86. The summed E-state index contributed by atoms with van der Waals surface area (Å²) in [6.07, 6.45) is 1.13. The van der Waals surface area contributed by atoms with Gasteiger partial charge in [0.15, 0.2) is 0 Å². The second-order valence-electron chi connectivity index (χ2n) is 4.86. The number of rotatable bonds is 3. The monoisotopic (exact) mass is 253 g/mol. The third kappa shape index (κ3) is 2.70. The van der Waals surface area contributed by atoms with Crippen molar-refractivity contribution in [3.8, 4) is 0 Å². The summed E-state index contributed by atoms with van der Waals surface area (Å²) in [6.45, 7) is 3.31. The van der Waals surface area contributed by atoms with Crippen LogP contribution in [0.5, 0.6) is 0 Å². The highest BCUT2D eigenvalue weighted by Crippen LogP contribution is 2.20. The standard InChI is InChI=1S/C12H19N3O3/c1-9-7-10(14-18-9)8-15(2)11(16)12(13)3-5-17-6-4-12/h7H,3-6,8,13H2,1-2H3. The Kier molecular flexibility index (Phi) is 3.68. The Balaban J connectivity index is 1.99. The summed E-state index contributed by atoms with van der Waals surface area (Å²) in [5.74, 6) is 0.672. The molecule has 0 radical (unpaired) electrons. The summed E-state index contributed by atoms with van der Waals surface area (Å²) in [6, 6.07) is 1.82. The maximum Gasteiger partial charge on any atom is 0.242 e. The molecule has 0 atom stereocenters. The van der Waals surface area contributed by atoms with E-state index in [1.54, 1.807) is 11.9 Å². The van der Waals surface area contributed by atoms with Gasteiger partial charge in [-0.2, -0.15) is 0 Å². The SMILES string of the molecule is Cc1cc(CN(C)C(=O)C2(N)CCOCC2)no1. The molecule has 1 amide bonds. The first-order valence-electron chi connectivity index (χ1n) is 6.06. The molecule has 0 aromatic carbocycles. The zero-order chi connectivity index (χ0) is 13.2. The Labute approximate surface area is 106 Å². The second-order valence-corrected chi connectivity index (χ2v) is 4.86. The molecule has 6 nitrogen and oxygen atoms in total. The first kappa shape index (κ1) is 13.0. The van der Waals surface area contributed by atoms with Crippen molar-refractivity contribution in [1.82, 2.24) is 10.1 Å². The summed E-state index contributed by atoms with van der Waals surface area (Å²) in [4.78, 5) is 13.9. The van der Waals surface area contributed by atoms with Crippen LogP contribution in [0.4, 0.5) is 0 Å². The average Bonchev–Trinajstić information content (AvgIpc) is 2.74. The van der Waals surface area contributed by atoms with Gasteiger partial charge in [0.2, 0.25) is 5.91 Å². The van der Waals surface area contributed by atoms with E-state index < -0.39 is 5.54 Å². The molecule has 2 N–H and O–H groups in total. The zero-order valence-corrected chi connectivity index (χ0v) is 10.8. The van der Waals surface area contributed by atoms with Crippen molar-refractivity contribution < 1.29 is 14.1 Å². The minimum Gasteiger partial charge on any atom is -0.381 e. The van der Waals surface area contributed by atoms with E-state index in [-0.39, 0.29) is 5.91 Å². The Bertz CT molecular complexity index is 424. The minimum absolute atomic E-state index is 0.0635. The fourth-order valence-electron chi connectivity index (χ4n) is 2.14. The van der Waals surface area contributed by atoms with Crippen LogP contribution >= 0.6 is 0 Å². The molecule has 1 fully saturated rings. The van der Waals surface area contributed by atoms with Gasteiger partial charge >= 0.3 is 0 Å². The number of hydrogen-bond acceptors (Lipinski definition) is 5. The van der Waals surface area contributed by atoms with E-state index in [1.165, 1.54) is 0 Å². The highest BCUT2D eigenvalue weighted by Gasteiger charge is 2.37. The van der Waals surface area contributed by atoms with Gasteiger partial charge in [0.05, 0.1) is 12.1 Å². The van der Waals surface area contributed by atoms with Crippen LogP contribution in [0.15, 0.2) is 10.6 Å². The topological polar surface area (TPSA) is 81.6 Å². The number of aromatic nitrogens is 1. The number of amides is 1. The maximum atomic E-state index is 12.3. The Morgan fingerprint density at radius 2 is 2.22 bits per heavy atom. The van der Waals surface area contributed by atoms with Gasteiger partial charge in [-0.05, 0) is 19.8 Å². The van der Waals surface area contributed by atoms with Crippen molar-refractivity contribution in [3.05, 3.63) is 17.5 Å². The summed E-state index contributed by atoms with van der Waals surface area (Å²) < 4.78 is 10.2. The van der Waals surface area contributed by atoms with E-state index in [0.29, 0.717) is 32.6 Å². The molecule has 18 heavy (non-hydrogen) atoms. The third-order valence-corrected chi connectivity index (χ3v) is 3.23. The molecule has 1 aromatic heterocycles. The summed E-state index contributed by atoms with van der Waals surface area (Å²) in [7, 11) is 1.73. The first-order valence-corrected chi connectivity index (χ1v) is 6.06. The first-order chi connectivity index (χ1) is 8.51. The molecular formula is C12H19N3O3. The lowest BCUT2D eigenvalue weighted by Crippen LogP contribution is -2.57. The van der Waals surface area contributed by atoms with Crippen molar-refractivity contribution >= 4 is 5.91 Å². The Morgan fingerprint density at radius 1 is 1.56 bits per heavy atom. The van der Waals surface area contributed by atoms with Crippen LogP contribution in [0.3, 0.4) is 0 Å². The van der Waals surface area contributed by atoms with E-state index >= 15 is 0 Å². The van der Waals surface area contributed by atoms with Crippen molar-refractivity contribution in [1.29, 1.82) is 0 Å². The molecule has 1 aromatic rings. The maximum absolute atomic E-state index is 12.3. The molecule has 1 aliphatic rings. The number of ether oxygens (including phenoxy) is 1. The van der Waals surface area contributed by atoms with Crippen LogP contribution in [0.2, 0.25) is 0 Å². The number of aryl methyl sites for hydroxylation is 1. The molecule has 0 aliphatic carbocycles. The van der Waals surface area contributed by atoms with Gasteiger partial charge in [-0.25, -0.2) is 0 Å². The average molecular weight is 253 g/mol. The third-order valence-electron chi connectivity index (χ3n) is 3.23. The van der Waals surface area contributed by atoms with Crippen LogP contribution in [0.25, 0.3) is 0 Å². The Morgan fingerprint density at radius 3 is 2.78 bits per heavy atom. The van der Waals surface area contributed by atoms with Gasteiger partial charge in [0, 0.05) is 26.3 Å². The van der Waals surface area contributed by atoms with Gasteiger partial charge < -0.3 is 19.9 Å². The minimum atomic E-state index is -0.800. The number of carbonyl (C=O) groups is 1. The van der Waals surface area contributed by atoms with Crippen molar-refractivity contribution in [2.24, 2.45) is 5.73 Å². The van der Waals surface area contributed by atoms with Crippen LogP contribution in [-0.4, -0.2) is 41.8 Å². The number of hydrogen-bond donors (Lipinski definition) is 1. The van der Waals surface area contributed by atoms with E-state index in [1.807, 2.05) is 13.0 Å². The summed E-state index contributed by atoms with van der Waals surface area (Å²) in [5.41, 5.74) is 6.08. The predicted octanol–water partition coefficient (Wildman–Crippen LogP) is 0.449. The van der Waals surface area contributed by atoms with E-state index in [4.69, 9.17) is 15.0 Å². The molecule has 2 heterocycles. The van der Waals surface area contributed by atoms with E-state index in [0.717, 1.165) is 11.5 Å². The van der Waals surface area contributed by atoms with Gasteiger partial charge in [-0.15, -0.1) is 0 Å². The predicted molar refractivity (Wildman–Crippen MR) is 64.7 cm³/mol. The molecule has 100 valence electrons. The van der Waals surface area contributed by atoms with Gasteiger partial charge in [-0.3, -0.25) is 4.79 Å². The lowest BCUT2D eigenvalue weighted by molar-refractivity contribution is -0.139. The number of carbonyl (C=O) groups excluding carboxylic acids is 1.